The second-order valence-corrected chi connectivity index (χ2v) is 4.30. The van der Waals surface area contributed by atoms with Gasteiger partial charge in [0, 0.05) is 12.8 Å². The molecule has 1 N–H and O–H groups in total. The summed E-state index contributed by atoms with van der Waals surface area (Å²) < 4.78 is 4.69. The lowest BCUT2D eigenvalue weighted by atomic mass is 9.89. The second kappa shape index (κ2) is 3.35. The Morgan fingerprint density at radius 2 is 2.21 bits per heavy atom. The van der Waals surface area contributed by atoms with E-state index < -0.39 is 5.92 Å². The molecule has 0 aromatic carbocycles. The number of esters is 1. The van der Waals surface area contributed by atoms with Crippen LogP contribution in [0.1, 0.15) is 19.3 Å². The van der Waals surface area contributed by atoms with Gasteiger partial charge in [0.2, 0.25) is 0 Å². The van der Waals surface area contributed by atoms with Gasteiger partial charge in [0.05, 0.1) is 26.6 Å². The van der Waals surface area contributed by atoms with Crippen LogP contribution in [0.15, 0.2) is 0 Å². The van der Waals surface area contributed by atoms with Crippen LogP contribution in [0.3, 0.4) is 0 Å². The van der Waals surface area contributed by atoms with Gasteiger partial charge in [-0.05, 0) is 0 Å². The lowest BCUT2D eigenvalue weighted by molar-refractivity contribution is -0.920. The smallest absolute Gasteiger partial charge is 0.322 e. The Morgan fingerprint density at radius 1 is 1.50 bits per heavy atom. The van der Waals surface area contributed by atoms with Crippen LogP contribution in [-0.2, 0) is 14.3 Å². The van der Waals surface area contributed by atoms with Gasteiger partial charge in [0.15, 0.2) is 11.7 Å². The number of piperidine rings is 1. The van der Waals surface area contributed by atoms with E-state index in [9.17, 15) is 9.59 Å². The standard InChI is InChI=1S/C10H15NO3/c1-11-6-3-4-7(11)9(8(12)5-6)10(13)14-2/h6-7,9H,3-5H2,1-2H3/p+1/t6-,7+,9-/m0/s1. The largest absolute Gasteiger partial charge is 0.468 e. The molecule has 0 radical (unpaired) electrons. The predicted octanol–water partition coefficient (Wildman–Crippen LogP) is -1.21. The normalized spacial score (nSPS) is 41.1. The summed E-state index contributed by atoms with van der Waals surface area (Å²) in [7, 11) is 3.43. The summed E-state index contributed by atoms with van der Waals surface area (Å²) in [6, 6.07) is 0.599. The molecule has 0 aromatic rings. The number of ketones is 1. The molecule has 0 amide bonds. The van der Waals surface area contributed by atoms with E-state index in [0.29, 0.717) is 12.5 Å². The highest BCUT2D eigenvalue weighted by molar-refractivity contribution is 6.00. The predicted molar refractivity (Wildman–Crippen MR) is 48.8 cm³/mol. The molecule has 2 aliphatic rings. The van der Waals surface area contributed by atoms with E-state index in [0.717, 1.165) is 12.8 Å². The Morgan fingerprint density at radius 3 is 2.86 bits per heavy atom. The third-order valence-corrected chi connectivity index (χ3v) is 3.71. The molecule has 4 heteroatoms. The van der Waals surface area contributed by atoms with Crippen molar-refractivity contribution in [3.63, 3.8) is 0 Å². The fraction of sp³-hybridized carbons (Fsp3) is 0.800. The molecule has 2 heterocycles. The van der Waals surface area contributed by atoms with Gasteiger partial charge in [-0.2, -0.15) is 0 Å². The topological polar surface area (TPSA) is 47.8 Å². The zero-order valence-electron chi connectivity index (χ0n) is 8.58. The molecule has 2 saturated heterocycles. The first-order chi connectivity index (χ1) is 6.65. The van der Waals surface area contributed by atoms with Crippen molar-refractivity contribution in [1.82, 2.24) is 0 Å². The van der Waals surface area contributed by atoms with Gasteiger partial charge in [0.25, 0.3) is 0 Å². The molecular formula is C10H16NO3+. The monoisotopic (exact) mass is 198 g/mol. The molecule has 0 aliphatic carbocycles. The SMILES string of the molecule is COC(=O)[C@@H]1C(=O)C[C@@H]2CC[C@H]1[NH+]2C. The number of quaternary nitrogens is 1. The minimum atomic E-state index is -0.501. The highest BCUT2D eigenvalue weighted by atomic mass is 16.5. The Labute approximate surface area is 83.2 Å². The average molecular weight is 198 g/mol. The fourth-order valence-corrected chi connectivity index (χ4v) is 2.85. The van der Waals surface area contributed by atoms with Gasteiger partial charge in [0.1, 0.15) is 6.04 Å². The lowest BCUT2D eigenvalue weighted by Gasteiger charge is -2.31. The minimum Gasteiger partial charge on any atom is -0.468 e. The van der Waals surface area contributed by atoms with E-state index in [1.807, 2.05) is 0 Å². The molecule has 0 aromatic heterocycles. The average Bonchev–Trinajstić information content (AvgIpc) is 2.42. The summed E-state index contributed by atoms with van der Waals surface area (Å²) in [5.41, 5.74) is 0. The number of rotatable bonds is 1. The highest BCUT2D eigenvalue weighted by Gasteiger charge is 2.52. The number of carbonyl (C=O) groups is 2. The molecule has 0 saturated carbocycles. The quantitative estimate of drug-likeness (QED) is 0.425. The fourth-order valence-electron chi connectivity index (χ4n) is 2.85. The molecule has 2 rings (SSSR count). The third-order valence-electron chi connectivity index (χ3n) is 3.71. The van der Waals surface area contributed by atoms with Gasteiger partial charge in [-0.3, -0.25) is 9.59 Å². The van der Waals surface area contributed by atoms with Crippen molar-refractivity contribution in [2.24, 2.45) is 5.92 Å². The van der Waals surface area contributed by atoms with Gasteiger partial charge in [-0.1, -0.05) is 0 Å². The van der Waals surface area contributed by atoms with Crippen LogP contribution >= 0.6 is 0 Å². The zero-order chi connectivity index (χ0) is 10.3. The van der Waals surface area contributed by atoms with Crippen LogP contribution in [0.2, 0.25) is 0 Å². The van der Waals surface area contributed by atoms with Crippen LogP contribution in [0.4, 0.5) is 0 Å². The van der Waals surface area contributed by atoms with E-state index >= 15 is 0 Å². The first kappa shape index (κ1) is 9.65. The Balaban J connectivity index is 2.22. The first-order valence-electron chi connectivity index (χ1n) is 5.09. The Kier molecular flexibility index (Phi) is 2.31. The maximum atomic E-state index is 11.7. The number of nitrogens with one attached hydrogen (secondary N) is 1. The Bertz CT molecular complexity index is 277. The molecular weight excluding hydrogens is 182 g/mol. The van der Waals surface area contributed by atoms with Gasteiger partial charge >= 0.3 is 5.97 Å². The van der Waals surface area contributed by atoms with E-state index in [4.69, 9.17) is 0 Å². The molecule has 2 aliphatic heterocycles. The second-order valence-electron chi connectivity index (χ2n) is 4.30. The van der Waals surface area contributed by atoms with Crippen LogP contribution in [0.5, 0.6) is 0 Å². The van der Waals surface area contributed by atoms with Crippen molar-refractivity contribution in [3.8, 4) is 0 Å². The molecule has 4 nitrogen and oxygen atoms in total. The summed E-state index contributed by atoms with van der Waals surface area (Å²) in [6.07, 6.45) is 2.58. The van der Waals surface area contributed by atoms with E-state index in [1.54, 1.807) is 0 Å². The molecule has 2 bridgehead atoms. The van der Waals surface area contributed by atoms with Gasteiger partial charge in [-0.15, -0.1) is 0 Å². The minimum absolute atomic E-state index is 0.0787. The van der Waals surface area contributed by atoms with Crippen molar-refractivity contribution in [1.29, 1.82) is 0 Å². The molecule has 2 fully saturated rings. The Hall–Kier alpha value is -0.900. The summed E-state index contributed by atoms with van der Waals surface area (Å²) in [5.74, 6) is -0.770. The zero-order valence-corrected chi connectivity index (χ0v) is 8.58. The maximum Gasteiger partial charge on any atom is 0.322 e. The molecule has 14 heavy (non-hydrogen) atoms. The van der Waals surface area contributed by atoms with Crippen molar-refractivity contribution >= 4 is 11.8 Å². The summed E-state index contributed by atoms with van der Waals surface area (Å²) in [4.78, 5) is 24.5. The van der Waals surface area contributed by atoms with Crippen LogP contribution in [0.25, 0.3) is 0 Å². The number of fused-ring (bicyclic) bond motifs is 2. The number of hydrogen-bond acceptors (Lipinski definition) is 3. The van der Waals surface area contributed by atoms with Crippen LogP contribution in [0, 0.1) is 5.92 Å². The highest BCUT2D eigenvalue weighted by Crippen LogP contribution is 2.25. The number of methoxy groups -OCH3 is 1. The van der Waals surface area contributed by atoms with E-state index in [2.05, 4.69) is 11.8 Å². The summed E-state index contributed by atoms with van der Waals surface area (Å²) >= 11 is 0. The first-order valence-corrected chi connectivity index (χ1v) is 5.09. The number of Topliss-reactive ketones (excluding diaryl/α,β-unsaturated/α-hetero) is 1. The van der Waals surface area contributed by atoms with Gasteiger partial charge < -0.3 is 9.64 Å². The van der Waals surface area contributed by atoms with Crippen molar-refractivity contribution in [2.75, 3.05) is 14.2 Å². The molecule has 0 spiro atoms. The third kappa shape index (κ3) is 1.25. The maximum absolute atomic E-state index is 11.7. The molecule has 4 atom stereocenters. The van der Waals surface area contributed by atoms with Crippen LogP contribution < -0.4 is 4.90 Å². The van der Waals surface area contributed by atoms with Crippen LogP contribution in [-0.4, -0.2) is 38.0 Å². The molecule has 1 unspecified atom stereocenters. The summed E-state index contributed by atoms with van der Waals surface area (Å²) in [6.45, 7) is 0. The van der Waals surface area contributed by atoms with Crippen molar-refractivity contribution < 1.29 is 19.2 Å². The van der Waals surface area contributed by atoms with E-state index in [-0.39, 0.29) is 17.8 Å². The van der Waals surface area contributed by atoms with E-state index in [1.165, 1.54) is 12.0 Å². The number of carbonyl (C=O) groups excluding carboxylic acids is 2. The lowest BCUT2D eigenvalue weighted by Crippen LogP contribution is -3.16. The summed E-state index contributed by atoms with van der Waals surface area (Å²) in [5, 5.41) is 0. The van der Waals surface area contributed by atoms with Gasteiger partial charge in [-0.25, -0.2) is 0 Å². The number of ether oxygens (including phenoxy) is 1. The van der Waals surface area contributed by atoms with Crippen molar-refractivity contribution in [3.05, 3.63) is 0 Å². The molecule has 78 valence electrons. The number of hydrogen-bond donors (Lipinski definition) is 1. The van der Waals surface area contributed by atoms with Crippen molar-refractivity contribution in [2.45, 2.75) is 31.3 Å².